The number of benzene rings is 1. The van der Waals surface area contributed by atoms with Crippen molar-refractivity contribution < 1.29 is 9.59 Å². The molecule has 1 saturated heterocycles. The van der Waals surface area contributed by atoms with Gasteiger partial charge in [-0.15, -0.1) is 0 Å². The SMILES string of the molecule is C=C1C/C(=C\c2cnn3c(NC4CC4)cc(-c4cccc(C(N)=O)c4)nc23)C(=O)N1. The van der Waals surface area contributed by atoms with Crippen LogP contribution in [-0.4, -0.2) is 32.5 Å². The Labute approximate surface area is 172 Å². The number of aromatic nitrogens is 3. The van der Waals surface area contributed by atoms with Crippen LogP contribution in [0.2, 0.25) is 0 Å². The first kappa shape index (κ1) is 18.1. The van der Waals surface area contributed by atoms with Crippen LogP contribution in [0.3, 0.4) is 0 Å². The average Bonchev–Trinajstić information content (AvgIpc) is 3.36. The third kappa shape index (κ3) is 3.32. The Morgan fingerprint density at radius 3 is 2.87 bits per heavy atom. The molecule has 2 aliphatic rings. The van der Waals surface area contributed by atoms with Gasteiger partial charge in [0.2, 0.25) is 5.91 Å². The van der Waals surface area contributed by atoms with Crippen molar-refractivity contribution in [3.63, 3.8) is 0 Å². The molecular formula is C22H20N6O2. The first-order chi connectivity index (χ1) is 14.5. The van der Waals surface area contributed by atoms with Crippen LogP contribution in [0.5, 0.6) is 0 Å². The molecule has 30 heavy (non-hydrogen) atoms. The van der Waals surface area contributed by atoms with Crippen molar-refractivity contribution in [2.75, 3.05) is 5.32 Å². The number of rotatable bonds is 5. The third-order valence-electron chi connectivity index (χ3n) is 5.19. The molecule has 1 aliphatic heterocycles. The monoisotopic (exact) mass is 400 g/mol. The molecule has 0 spiro atoms. The number of primary amides is 1. The lowest BCUT2D eigenvalue weighted by atomic mass is 10.1. The summed E-state index contributed by atoms with van der Waals surface area (Å²) in [5.74, 6) is 0.171. The minimum absolute atomic E-state index is 0.152. The Morgan fingerprint density at radius 2 is 2.17 bits per heavy atom. The number of hydrogen-bond acceptors (Lipinski definition) is 5. The molecule has 0 atom stereocenters. The first-order valence-electron chi connectivity index (χ1n) is 9.73. The molecule has 1 aliphatic carbocycles. The number of fused-ring (bicyclic) bond motifs is 1. The van der Waals surface area contributed by atoms with Gasteiger partial charge in [0.05, 0.1) is 11.9 Å². The molecule has 2 aromatic heterocycles. The maximum Gasteiger partial charge on any atom is 0.251 e. The molecule has 2 fully saturated rings. The Kier molecular flexibility index (Phi) is 4.13. The minimum Gasteiger partial charge on any atom is -0.367 e. The van der Waals surface area contributed by atoms with E-state index in [0.717, 1.165) is 29.8 Å². The number of anilines is 1. The van der Waals surface area contributed by atoms with Gasteiger partial charge in [0, 0.05) is 46.5 Å². The van der Waals surface area contributed by atoms with Crippen molar-refractivity contribution in [2.45, 2.75) is 25.3 Å². The second-order valence-electron chi connectivity index (χ2n) is 7.63. The van der Waals surface area contributed by atoms with E-state index in [1.807, 2.05) is 12.1 Å². The Bertz CT molecular complexity index is 1250. The van der Waals surface area contributed by atoms with E-state index in [0.29, 0.717) is 40.6 Å². The molecule has 0 bridgehead atoms. The lowest BCUT2D eigenvalue weighted by Crippen LogP contribution is -2.12. The van der Waals surface area contributed by atoms with Gasteiger partial charge in [-0.2, -0.15) is 9.61 Å². The highest BCUT2D eigenvalue weighted by atomic mass is 16.2. The minimum atomic E-state index is -0.489. The van der Waals surface area contributed by atoms with Crippen molar-refractivity contribution in [2.24, 2.45) is 5.73 Å². The van der Waals surface area contributed by atoms with Gasteiger partial charge in [0.1, 0.15) is 5.82 Å². The van der Waals surface area contributed by atoms with E-state index in [-0.39, 0.29) is 5.91 Å². The second kappa shape index (κ2) is 6.84. The predicted octanol–water partition coefficient (Wildman–Crippen LogP) is 2.49. The summed E-state index contributed by atoms with van der Waals surface area (Å²) in [5.41, 5.74) is 9.98. The van der Waals surface area contributed by atoms with Gasteiger partial charge in [-0.05, 0) is 31.1 Å². The van der Waals surface area contributed by atoms with Crippen LogP contribution in [0.4, 0.5) is 5.82 Å². The number of allylic oxidation sites excluding steroid dienone is 1. The molecule has 1 aromatic carbocycles. The lowest BCUT2D eigenvalue weighted by Gasteiger charge is -2.11. The highest BCUT2D eigenvalue weighted by molar-refractivity contribution is 6.02. The molecule has 2 amide bonds. The Balaban J connectivity index is 1.65. The fraction of sp³-hybridized carbons (Fsp3) is 0.182. The Hall–Kier alpha value is -3.94. The largest absolute Gasteiger partial charge is 0.367 e. The fourth-order valence-electron chi connectivity index (χ4n) is 3.50. The third-order valence-corrected chi connectivity index (χ3v) is 5.19. The summed E-state index contributed by atoms with van der Waals surface area (Å²) in [7, 11) is 0. The number of amides is 2. The van der Waals surface area contributed by atoms with Gasteiger partial charge in [-0.3, -0.25) is 9.59 Å². The zero-order valence-corrected chi connectivity index (χ0v) is 16.2. The second-order valence-corrected chi connectivity index (χ2v) is 7.63. The number of nitrogens with zero attached hydrogens (tertiary/aromatic N) is 3. The Morgan fingerprint density at radius 1 is 1.33 bits per heavy atom. The molecule has 8 nitrogen and oxygen atoms in total. The van der Waals surface area contributed by atoms with Crippen molar-refractivity contribution in [3.05, 3.63) is 65.5 Å². The number of nitrogens with one attached hydrogen (secondary N) is 2. The van der Waals surface area contributed by atoms with Crippen LogP contribution >= 0.6 is 0 Å². The van der Waals surface area contributed by atoms with Gasteiger partial charge in [0.25, 0.3) is 5.91 Å². The summed E-state index contributed by atoms with van der Waals surface area (Å²) in [4.78, 5) is 28.5. The number of carbonyl (C=O) groups is 2. The summed E-state index contributed by atoms with van der Waals surface area (Å²) in [6.45, 7) is 3.82. The van der Waals surface area contributed by atoms with Crippen LogP contribution in [-0.2, 0) is 4.79 Å². The molecule has 150 valence electrons. The number of carbonyl (C=O) groups excluding carboxylic acids is 2. The van der Waals surface area contributed by atoms with Crippen LogP contribution < -0.4 is 16.4 Å². The van der Waals surface area contributed by atoms with Crippen LogP contribution in [0.1, 0.15) is 35.2 Å². The van der Waals surface area contributed by atoms with Crippen LogP contribution in [0.25, 0.3) is 23.0 Å². The molecule has 0 unspecified atom stereocenters. The average molecular weight is 400 g/mol. The topological polar surface area (TPSA) is 114 Å². The summed E-state index contributed by atoms with van der Waals surface area (Å²) < 4.78 is 1.74. The molecule has 8 heteroatoms. The zero-order valence-electron chi connectivity index (χ0n) is 16.2. The van der Waals surface area contributed by atoms with E-state index in [4.69, 9.17) is 10.7 Å². The molecule has 0 radical (unpaired) electrons. The summed E-state index contributed by atoms with van der Waals surface area (Å²) >= 11 is 0. The molecule has 3 heterocycles. The molecule has 4 N–H and O–H groups in total. The van der Waals surface area contributed by atoms with Crippen molar-refractivity contribution in [1.82, 2.24) is 19.9 Å². The van der Waals surface area contributed by atoms with E-state index < -0.39 is 5.91 Å². The van der Waals surface area contributed by atoms with E-state index in [1.165, 1.54) is 0 Å². The first-order valence-corrected chi connectivity index (χ1v) is 9.73. The van der Waals surface area contributed by atoms with Gasteiger partial charge in [-0.25, -0.2) is 4.98 Å². The maximum atomic E-state index is 12.1. The van der Waals surface area contributed by atoms with Gasteiger partial charge < -0.3 is 16.4 Å². The van der Waals surface area contributed by atoms with Crippen molar-refractivity contribution in [3.8, 4) is 11.3 Å². The van der Waals surface area contributed by atoms with E-state index >= 15 is 0 Å². The number of nitrogens with two attached hydrogens (primary N) is 1. The molecular weight excluding hydrogens is 380 g/mol. The van der Waals surface area contributed by atoms with Gasteiger partial charge in [-0.1, -0.05) is 18.7 Å². The maximum absolute atomic E-state index is 12.1. The summed E-state index contributed by atoms with van der Waals surface area (Å²) in [6.07, 6.45) is 6.19. The quantitative estimate of drug-likeness (QED) is 0.569. The summed E-state index contributed by atoms with van der Waals surface area (Å²) in [5, 5.41) is 10.7. The van der Waals surface area contributed by atoms with Gasteiger partial charge in [0.15, 0.2) is 5.65 Å². The van der Waals surface area contributed by atoms with Crippen molar-refractivity contribution >= 4 is 29.4 Å². The van der Waals surface area contributed by atoms with Crippen LogP contribution in [0, 0.1) is 0 Å². The van der Waals surface area contributed by atoms with E-state index in [9.17, 15) is 9.59 Å². The van der Waals surface area contributed by atoms with E-state index in [1.54, 1.807) is 35.0 Å². The highest BCUT2D eigenvalue weighted by Gasteiger charge is 2.24. The van der Waals surface area contributed by atoms with Crippen LogP contribution in [0.15, 0.2) is 54.4 Å². The summed E-state index contributed by atoms with van der Waals surface area (Å²) in [6, 6.07) is 9.40. The normalized spacial score (nSPS) is 17.5. The van der Waals surface area contributed by atoms with E-state index in [2.05, 4.69) is 22.3 Å². The highest BCUT2D eigenvalue weighted by Crippen LogP contribution is 2.30. The number of hydrogen-bond donors (Lipinski definition) is 3. The molecule has 5 rings (SSSR count). The van der Waals surface area contributed by atoms with Crippen molar-refractivity contribution in [1.29, 1.82) is 0 Å². The molecule has 3 aromatic rings. The lowest BCUT2D eigenvalue weighted by molar-refractivity contribution is -0.115. The zero-order chi connectivity index (χ0) is 20.8. The molecule has 1 saturated carbocycles. The standard InChI is InChI=1S/C22H20N6O2/c1-12-7-15(22(30)25-12)9-16-11-24-28-19(26-17-5-6-17)10-18(27-21(16)28)13-3-2-4-14(8-13)20(23)29/h2-4,8-11,17,26H,1,5-7H2,(H2,23,29)(H,25,30)/b15-9+. The van der Waals surface area contributed by atoms with Gasteiger partial charge >= 0.3 is 0 Å². The fourth-order valence-corrected chi connectivity index (χ4v) is 3.50. The predicted molar refractivity (Wildman–Crippen MR) is 113 cm³/mol. The smallest absolute Gasteiger partial charge is 0.251 e.